The predicted molar refractivity (Wildman–Crippen MR) is 103 cm³/mol. The molecule has 0 saturated carbocycles. The Hall–Kier alpha value is -2.40. The molecule has 0 atom stereocenters. The summed E-state index contributed by atoms with van der Waals surface area (Å²) in [5.74, 6) is 0.899. The molecule has 1 fully saturated rings. The van der Waals surface area contributed by atoms with Gasteiger partial charge in [-0.2, -0.15) is 0 Å². The molecule has 2 heterocycles. The van der Waals surface area contributed by atoms with Crippen molar-refractivity contribution >= 4 is 5.91 Å². The van der Waals surface area contributed by atoms with Crippen molar-refractivity contribution in [3.05, 3.63) is 48.3 Å². The average Bonchev–Trinajstić information content (AvgIpc) is 2.72. The van der Waals surface area contributed by atoms with Gasteiger partial charge in [0, 0.05) is 30.5 Å². The summed E-state index contributed by atoms with van der Waals surface area (Å²) >= 11 is 0. The lowest BCUT2D eigenvalue weighted by atomic mass is 10.0. The maximum Gasteiger partial charge on any atom is 0.255 e. The van der Waals surface area contributed by atoms with E-state index in [1.54, 1.807) is 19.5 Å². The fourth-order valence-electron chi connectivity index (χ4n) is 3.47. The average molecular weight is 353 g/mol. The van der Waals surface area contributed by atoms with Crippen molar-refractivity contribution in [3.8, 4) is 16.9 Å². The highest BCUT2D eigenvalue weighted by Gasteiger charge is 2.25. The highest BCUT2D eigenvalue weighted by molar-refractivity contribution is 5.95. The Morgan fingerprint density at radius 1 is 1.19 bits per heavy atom. The highest BCUT2D eigenvalue weighted by Crippen LogP contribution is 2.24. The lowest BCUT2D eigenvalue weighted by Gasteiger charge is -2.34. The monoisotopic (exact) mass is 353 g/mol. The molecule has 1 amide bonds. The van der Waals surface area contributed by atoms with E-state index in [0.717, 1.165) is 55.8 Å². The normalized spacial score (nSPS) is 14.8. The lowest BCUT2D eigenvalue weighted by Crippen LogP contribution is -2.46. The van der Waals surface area contributed by atoms with Crippen molar-refractivity contribution in [2.75, 3.05) is 26.7 Å². The number of rotatable bonds is 6. The van der Waals surface area contributed by atoms with Crippen LogP contribution in [0.5, 0.6) is 5.75 Å². The molecule has 0 spiro atoms. The van der Waals surface area contributed by atoms with Crippen LogP contribution < -0.4 is 10.1 Å². The van der Waals surface area contributed by atoms with Crippen LogP contribution in [0.1, 0.15) is 36.5 Å². The van der Waals surface area contributed by atoms with Gasteiger partial charge < -0.3 is 15.0 Å². The smallest absolute Gasteiger partial charge is 0.255 e. The van der Waals surface area contributed by atoms with Crippen LogP contribution in [0.15, 0.2) is 42.7 Å². The van der Waals surface area contributed by atoms with E-state index >= 15 is 0 Å². The second kappa shape index (κ2) is 8.81. The molecule has 2 aromatic rings. The Morgan fingerprint density at radius 2 is 1.92 bits per heavy atom. The summed E-state index contributed by atoms with van der Waals surface area (Å²) in [4.78, 5) is 19.5. The minimum atomic E-state index is 0.0848. The summed E-state index contributed by atoms with van der Waals surface area (Å²) in [6, 6.07) is 10.1. The Bertz CT molecular complexity index is 724. The van der Waals surface area contributed by atoms with Gasteiger partial charge in [0.1, 0.15) is 5.75 Å². The molecule has 0 unspecified atom stereocenters. The summed E-state index contributed by atoms with van der Waals surface area (Å²) in [5.41, 5.74) is 2.63. The van der Waals surface area contributed by atoms with Gasteiger partial charge >= 0.3 is 0 Å². The van der Waals surface area contributed by atoms with E-state index in [1.165, 1.54) is 0 Å². The molecule has 1 aromatic heterocycles. The van der Waals surface area contributed by atoms with Gasteiger partial charge in [0.05, 0.1) is 12.7 Å². The number of ether oxygens (including phenoxy) is 1. The summed E-state index contributed by atoms with van der Waals surface area (Å²) in [6.45, 7) is 4.86. The number of nitrogens with zero attached hydrogens (tertiary/aromatic N) is 2. The number of benzene rings is 1. The van der Waals surface area contributed by atoms with Crippen LogP contribution in [0.25, 0.3) is 11.1 Å². The summed E-state index contributed by atoms with van der Waals surface area (Å²) in [7, 11) is 1.65. The van der Waals surface area contributed by atoms with Gasteiger partial charge in [-0.3, -0.25) is 9.78 Å². The molecule has 26 heavy (non-hydrogen) atoms. The fraction of sp³-hybridized carbons (Fsp3) is 0.429. The van der Waals surface area contributed by atoms with Crippen LogP contribution in [-0.2, 0) is 0 Å². The van der Waals surface area contributed by atoms with Crippen molar-refractivity contribution in [1.29, 1.82) is 0 Å². The predicted octanol–water partition coefficient (Wildman–Crippen LogP) is 3.36. The zero-order valence-corrected chi connectivity index (χ0v) is 15.6. The number of aromatic nitrogens is 1. The third kappa shape index (κ3) is 4.22. The van der Waals surface area contributed by atoms with Crippen molar-refractivity contribution < 1.29 is 9.53 Å². The first kappa shape index (κ1) is 18.4. The number of hydrogen-bond donors (Lipinski definition) is 1. The Morgan fingerprint density at radius 3 is 2.58 bits per heavy atom. The largest absolute Gasteiger partial charge is 0.497 e. The number of amides is 1. The minimum Gasteiger partial charge on any atom is -0.497 e. The molecule has 1 N–H and O–H groups in total. The highest BCUT2D eigenvalue weighted by atomic mass is 16.5. The van der Waals surface area contributed by atoms with E-state index in [9.17, 15) is 4.79 Å². The molecule has 1 saturated heterocycles. The Balaban J connectivity index is 1.83. The second-order valence-electron chi connectivity index (χ2n) is 6.67. The summed E-state index contributed by atoms with van der Waals surface area (Å²) in [5, 5.41) is 3.37. The number of methoxy groups -OCH3 is 1. The first-order chi connectivity index (χ1) is 12.7. The number of piperidine rings is 1. The number of nitrogens with one attached hydrogen (secondary N) is 1. The molecule has 1 aliphatic heterocycles. The van der Waals surface area contributed by atoms with Gasteiger partial charge in [-0.1, -0.05) is 19.1 Å². The van der Waals surface area contributed by atoms with E-state index in [4.69, 9.17) is 4.74 Å². The molecule has 138 valence electrons. The van der Waals surface area contributed by atoms with Gasteiger partial charge in [0.2, 0.25) is 0 Å². The van der Waals surface area contributed by atoms with Gasteiger partial charge in [-0.15, -0.1) is 0 Å². The van der Waals surface area contributed by atoms with Crippen LogP contribution in [-0.4, -0.2) is 48.6 Å². The van der Waals surface area contributed by atoms with E-state index in [0.29, 0.717) is 11.6 Å². The zero-order chi connectivity index (χ0) is 18.4. The molecule has 0 bridgehead atoms. The molecule has 1 aromatic carbocycles. The van der Waals surface area contributed by atoms with Gasteiger partial charge in [0.25, 0.3) is 5.91 Å². The molecule has 3 rings (SSSR count). The van der Waals surface area contributed by atoms with Gasteiger partial charge in [-0.25, -0.2) is 0 Å². The molecule has 1 aliphatic rings. The standard InChI is InChI=1S/C21H27N3O2/c1-3-12-24(19-8-10-22-11-9-19)21(25)18-13-17(14-23-15-18)16-4-6-20(26-2)7-5-16/h4-7,13-15,19,22H,3,8-12H2,1-2H3. The third-order valence-corrected chi connectivity index (χ3v) is 4.88. The number of hydrogen-bond acceptors (Lipinski definition) is 4. The number of pyridine rings is 1. The van der Waals surface area contributed by atoms with E-state index in [1.807, 2.05) is 35.2 Å². The molecule has 0 aliphatic carbocycles. The van der Waals surface area contributed by atoms with Crippen LogP contribution in [0, 0.1) is 0 Å². The van der Waals surface area contributed by atoms with Crippen molar-refractivity contribution in [2.24, 2.45) is 0 Å². The maximum atomic E-state index is 13.2. The topological polar surface area (TPSA) is 54.5 Å². The molecule has 0 radical (unpaired) electrons. The fourth-order valence-corrected chi connectivity index (χ4v) is 3.47. The first-order valence-corrected chi connectivity index (χ1v) is 9.34. The Labute approximate surface area is 155 Å². The zero-order valence-electron chi connectivity index (χ0n) is 15.6. The second-order valence-corrected chi connectivity index (χ2v) is 6.67. The molecule has 5 heteroatoms. The van der Waals surface area contributed by atoms with E-state index < -0.39 is 0 Å². The van der Waals surface area contributed by atoms with Gasteiger partial charge in [-0.05, 0) is 56.1 Å². The van der Waals surface area contributed by atoms with Crippen LogP contribution in [0.4, 0.5) is 0 Å². The van der Waals surface area contributed by atoms with Crippen molar-refractivity contribution in [3.63, 3.8) is 0 Å². The SMILES string of the molecule is CCCN(C(=O)c1cncc(-c2ccc(OC)cc2)c1)C1CCNCC1. The molecule has 5 nitrogen and oxygen atoms in total. The van der Waals surface area contributed by atoms with Crippen LogP contribution in [0.3, 0.4) is 0 Å². The number of carbonyl (C=O) groups excluding carboxylic acids is 1. The van der Waals surface area contributed by atoms with Crippen molar-refractivity contribution in [1.82, 2.24) is 15.2 Å². The Kier molecular flexibility index (Phi) is 6.23. The molecular weight excluding hydrogens is 326 g/mol. The number of carbonyl (C=O) groups is 1. The molecular formula is C21H27N3O2. The van der Waals surface area contributed by atoms with E-state index in [-0.39, 0.29) is 5.91 Å². The quantitative estimate of drug-likeness (QED) is 0.865. The van der Waals surface area contributed by atoms with Gasteiger partial charge in [0.15, 0.2) is 0 Å². The minimum absolute atomic E-state index is 0.0848. The van der Waals surface area contributed by atoms with Crippen LogP contribution >= 0.6 is 0 Å². The lowest BCUT2D eigenvalue weighted by molar-refractivity contribution is 0.0642. The maximum absolute atomic E-state index is 13.2. The van der Waals surface area contributed by atoms with Crippen LogP contribution in [0.2, 0.25) is 0 Å². The third-order valence-electron chi connectivity index (χ3n) is 4.88. The van der Waals surface area contributed by atoms with Crippen molar-refractivity contribution in [2.45, 2.75) is 32.2 Å². The van der Waals surface area contributed by atoms with E-state index in [2.05, 4.69) is 17.2 Å². The summed E-state index contributed by atoms with van der Waals surface area (Å²) in [6.07, 6.45) is 6.46. The summed E-state index contributed by atoms with van der Waals surface area (Å²) < 4.78 is 5.21. The first-order valence-electron chi connectivity index (χ1n) is 9.34.